The summed E-state index contributed by atoms with van der Waals surface area (Å²) in [5.41, 5.74) is 1.20. The zero-order valence-corrected chi connectivity index (χ0v) is 13.0. The largest absolute Gasteiger partial charge is 0.420 e. The summed E-state index contributed by atoms with van der Waals surface area (Å²) in [5, 5.41) is 11.3. The minimum absolute atomic E-state index is 0.106. The van der Waals surface area contributed by atoms with Gasteiger partial charge in [0.05, 0.1) is 0 Å². The average molecular weight is 290 g/mol. The first-order valence-electron chi connectivity index (χ1n) is 7.12. The van der Waals surface area contributed by atoms with E-state index in [-0.39, 0.29) is 16.9 Å². The third-order valence-corrected chi connectivity index (χ3v) is 2.98. The monoisotopic (exact) mass is 290 g/mol. The molecule has 0 radical (unpaired) electrons. The quantitative estimate of drug-likeness (QED) is 0.823. The van der Waals surface area contributed by atoms with E-state index in [1.165, 1.54) is 6.07 Å². The lowest BCUT2D eigenvalue weighted by Gasteiger charge is -2.19. The molecule has 21 heavy (non-hydrogen) atoms. The highest BCUT2D eigenvalue weighted by molar-refractivity contribution is 5.50. The normalized spacial score (nSPS) is 11.8. The minimum atomic E-state index is -0.115. The molecule has 6 nitrogen and oxygen atoms in total. The van der Waals surface area contributed by atoms with Crippen molar-refractivity contribution in [3.05, 3.63) is 34.1 Å². The summed E-state index contributed by atoms with van der Waals surface area (Å²) < 4.78 is 5.55. The lowest BCUT2D eigenvalue weighted by molar-refractivity contribution is 0.412. The van der Waals surface area contributed by atoms with Crippen molar-refractivity contribution in [2.45, 2.75) is 46.1 Å². The van der Waals surface area contributed by atoms with Crippen molar-refractivity contribution >= 4 is 0 Å². The van der Waals surface area contributed by atoms with Crippen molar-refractivity contribution in [2.24, 2.45) is 0 Å². The van der Waals surface area contributed by atoms with Crippen molar-refractivity contribution in [3.63, 3.8) is 0 Å². The van der Waals surface area contributed by atoms with Crippen molar-refractivity contribution in [3.8, 4) is 11.5 Å². The molecule has 114 valence electrons. The van der Waals surface area contributed by atoms with Crippen LogP contribution >= 0.6 is 0 Å². The second-order valence-electron chi connectivity index (χ2n) is 6.18. The van der Waals surface area contributed by atoms with E-state index in [0.717, 1.165) is 18.7 Å². The third kappa shape index (κ3) is 4.53. The number of aryl methyl sites for hydroxylation is 2. The van der Waals surface area contributed by atoms with Crippen LogP contribution in [0.4, 0.5) is 0 Å². The van der Waals surface area contributed by atoms with Crippen molar-refractivity contribution in [1.29, 1.82) is 0 Å². The van der Waals surface area contributed by atoms with Gasteiger partial charge in [-0.05, 0) is 40.7 Å². The van der Waals surface area contributed by atoms with Crippen LogP contribution in [0.1, 0.15) is 38.8 Å². The Labute approximate surface area is 124 Å². The Morgan fingerprint density at radius 1 is 1.33 bits per heavy atom. The van der Waals surface area contributed by atoms with Crippen LogP contribution in [-0.4, -0.2) is 27.3 Å². The Balaban J connectivity index is 1.97. The maximum absolute atomic E-state index is 11.9. The van der Waals surface area contributed by atoms with Crippen LogP contribution < -0.4 is 10.7 Å². The Kier molecular flexibility index (Phi) is 4.57. The molecule has 0 spiro atoms. The molecule has 0 saturated carbocycles. The molecule has 0 atom stereocenters. The number of pyridine rings is 1. The molecule has 0 bridgehead atoms. The van der Waals surface area contributed by atoms with E-state index >= 15 is 0 Å². The van der Waals surface area contributed by atoms with Crippen molar-refractivity contribution < 1.29 is 4.42 Å². The minimum Gasteiger partial charge on any atom is -0.420 e. The number of rotatable bonds is 5. The molecule has 0 saturated heterocycles. The zero-order chi connectivity index (χ0) is 15.5. The number of H-pyrrole nitrogens is 1. The molecule has 2 heterocycles. The van der Waals surface area contributed by atoms with Crippen LogP contribution in [0.15, 0.2) is 21.5 Å². The standard InChI is InChI=1S/C15H22N4O2/c1-10-8-12(20)11(9-16-10)14-19-18-13(21-14)6-5-7-17-15(2,3)4/h8-9,17H,5-7H2,1-4H3,(H,16,20). The fourth-order valence-electron chi connectivity index (χ4n) is 1.91. The van der Waals surface area contributed by atoms with Gasteiger partial charge in [0, 0.05) is 29.9 Å². The summed E-state index contributed by atoms with van der Waals surface area (Å²) in [6, 6.07) is 1.52. The van der Waals surface area contributed by atoms with Crippen molar-refractivity contribution in [1.82, 2.24) is 20.5 Å². The Hall–Kier alpha value is -1.95. The van der Waals surface area contributed by atoms with Crippen LogP contribution in [0.25, 0.3) is 11.5 Å². The van der Waals surface area contributed by atoms with Crippen LogP contribution in [0.3, 0.4) is 0 Å². The summed E-state index contributed by atoms with van der Waals surface area (Å²) in [6.07, 6.45) is 3.21. The van der Waals surface area contributed by atoms with E-state index < -0.39 is 0 Å². The molecule has 2 rings (SSSR count). The van der Waals surface area contributed by atoms with Gasteiger partial charge >= 0.3 is 0 Å². The Morgan fingerprint density at radius 2 is 2.10 bits per heavy atom. The molecule has 0 fully saturated rings. The van der Waals surface area contributed by atoms with Crippen LogP contribution in [0, 0.1) is 6.92 Å². The van der Waals surface area contributed by atoms with Crippen LogP contribution in [-0.2, 0) is 6.42 Å². The molecule has 2 aromatic heterocycles. The highest BCUT2D eigenvalue weighted by Crippen LogP contribution is 2.13. The second-order valence-corrected chi connectivity index (χ2v) is 6.18. The van der Waals surface area contributed by atoms with E-state index in [1.54, 1.807) is 6.20 Å². The van der Waals surface area contributed by atoms with E-state index in [2.05, 4.69) is 41.3 Å². The number of aromatic amines is 1. The Bertz CT molecular complexity index is 652. The maximum Gasteiger partial charge on any atom is 0.253 e. The van der Waals surface area contributed by atoms with Gasteiger partial charge in [0.15, 0.2) is 5.43 Å². The Morgan fingerprint density at radius 3 is 2.76 bits per heavy atom. The third-order valence-electron chi connectivity index (χ3n) is 2.98. The van der Waals surface area contributed by atoms with Gasteiger partial charge in [-0.15, -0.1) is 10.2 Å². The number of nitrogens with one attached hydrogen (secondary N) is 2. The lowest BCUT2D eigenvalue weighted by atomic mass is 10.1. The molecule has 2 aromatic rings. The second kappa shape index (κ2) is 6.22. The molecular weight excluding hydrogens is 268 g/mol. The molecule has 6 heteroatoms. The smallest absolute Gasteiger partial charge is 0.253 e. The zero-order valence-electron chi connectivity index (χ0n) is 13.0. The fourth-order valence-corrected chi connectivity index (χ4v) is 1.91. The van der Waals surface area contributed by atoms with Gasteiger partial charge in [0.25, 0.3) is 5.89 Å². The predicted octanol–water partition coefficient (Wildman–Crippen LogP) is 2.05. The summed E-state index contributed by atoms with van der Waals surface area (Å²) in [6.45, 7) is 9.09. The number of nitrogens with zero attached hydrogens (tertiary/aromatic N) is 2. The summed E-state index contributed by atoms with van der Waals surface area (Å²) in [5.74, 6) is 0.829. The molecule has 0 aliphatic heterocycles. The number of aromatic nitrogens is 3. The van der Waals surface area contributed by atoms with Gasteiger partial charge in [-0.2, -0.15) is 0 Å². The summed E-state index contributed by atoms with van der Waals surface area (Å²) >= 11 is 0. The van der Waals surface area contributed by atoms with Crippen LogP contribution in [0.2, 0.25) is 0 Å². The van der Waals surface area contributed by atoms with Crippen molar-refractivity contribution in [2.75, 3.05) is 6.54 Å². The molecular formula is C15H22N4O2. The predicted molar refractivity (Wildman–Crippen MR) is 81.2 cm³/mol. The van der Waals surface area contributed by atoms with Gasteiger partial charge in [-0.3, -0.25) is 4.79 Å². The van der Waals surface area contributed by atoms with E-state index in [4.69, 9.17) is 4.42 Å². The maximum atomic E-state index is 11.9. The highest BCUT2D eigenvalue weighted by Gasteiger charge is 2.12. The first kappa shape index (κ1) is 15.4. The topological polar surface area (TPSA) is 83.8 Å². The molecule has 0 aromatic carbocycles. The lowest BCUT2D eigenvalue weighted by Crippen LogP contribution is -2.36. The van der Waals surface area contributed by atoms with Gasteiger partial charge in [-0.1, -0.05) is 0 Å². The molecule has 2 N–H and O–H groups in total. The first-order chi connectivity index (χ1) is 9.85. The highest BCUT2D eigenvalue weighted by atomic mass is 16.4. The average Bonchev–Trinajstić information content (AvgIpc) is 2.82. The molecule has 0 aliphatic carbocycles. The van der Waals surface area contributed by atoms with E-state index in [1.807, 2.05) is 6.92 Å². The number of hydrogen-bond donors (Lipinski definition) is 2. The molecule has 0 unspecified atom stereocenters. The SMILES string of the molecule is Cc1cc(=O)c(-c2nnc(CCCNC(C)(C)C)o2)c[nH]1. The van der Waals surface area contributed by atoms with Gasteiger partial charge in [0.1, 0.15) is 5.56 Å². The van der Waals surface area contributed by atoms with E-state index in [9.17, 15) is 4.79 Å². The van der Waals surface area contributed by atoms with E-state index in [0.29, 0.717) is 17.9 Å². The number of hydrogen-bond acceptors (Lipinski definition) is 5. The summed E-state index contributed by atoms with van der Waals surface area (Å²) in [7, 11) is 0. The van der Waals surface area contributed by atoms with Gasteiger partial charge in [-0.25, -0.2) is 0 Å². The summed E-state index contributed by atoms with van der Waals surface area (Å²) in [4.78, 5) is 14.8. The van der Waals surface area contributed by atoms with Gasteiger partial charge in [0.2, 0.25) is 5.89 Å². The van der Waals surface area contributed by atoms with Gasteiger partial charge < -0.3 is 14.7 Å². The first-order valence-corrected chi connectivity index (χ1v) is 7.12. The fraction of sp³-hybridized carbons (Fsp3) is 0.533. The molecule has 0 amide bonds. The molecule has 0 aliphatic rings. The van der Waals surface area contributed by atoms with Crippen LogP contribution in [0.5, 0.6) is 0 Å².